The lowest BCUT2D eigenvalue weighted by molar-refractivity contribution is 0.0953. The Kier molecular flexibility index (Phi) is 4.92. The number of nitrogens with one attached hydrogen (secondary N) is 1. The molecule has 1 aromatic heterocycles. The van der Waals surface area contributed by atoms with E-state index in [4.69, 9.17) is 0 Å². The van der Waals surface area contributed by atoms with Gasteiger partial charge < -0.3 is 5.32 Å². The van der Waals surface area contributed by atoms with Crippen LogP contribution < -0.4 is 5.32 Å². The first-order valence-electron chi connectivity index (χ1n) is 6.00. The second kappa shape index (κ2) is 6.68. The van der Waals surface area contributed by atoms with E-state index in [9.17, 15) is 4.79 Å². The summed E-state index contributed by atoms with van der Waals surface area (Å²) in [7, 11) is 0. The van der Waals surface area contributed by atoms with Crippen molar-refractivity contribution in [3.63, 3.8) is 0 Å². The van der Waals surface area contributed by atoms with Crippen molar-refractivity contribution in [1.82, 2.24) is 10.3 Å². The highest BCUT2D eigenvalue weighted by Gasteiger charge is 2.05. The van der Waals surface area contributed by atoms with Gasteiger partial charge in [-0.25, -0.2) is 0 Å². The second-order valence-electron chi connectivity index (χ2n) is 4.06. The molecule has 0 atom stereocenters. The molecule has 0 fully saturated rings. The lowest BCUT2D eigenvalue weighted by Gasteiger charge is -2.05. The molecule has 0 radical (unpaired) electrons. The monoisotopic (exact) mass is 354 g/mol. The maximum Gasteiger partial charge on any atom is 0.251 e. The number of carbonyl (C=O) groups is 1. The fourth-order valence-electron chi connectivity index (χ4n) is 1.74. The van der Waals surface area contributed by atoms with Crippen LogP contribution in [0.15, 0.2) is 36.5 Å². The molecule has 0 unspecified atom stereocenters. The Morgan fingerprint density at radius 1 is 1.28 bits per heavy atom. The minimum absolute atomic E-state index is 0.00536. The molecular weight excluding hydrogens is 339 g/mol. The predicted molar refractivity (Wildman–Crippen MR) is 82.2 cm³/mol. The molecule has 94 valence electrons. The van der Waals surface area contributed by atoms with E-state index >= 15 is 0 Å². The van der Waals surface area contributed by atoms with E-state index in [-0.39, 0.29) is 5.91 Å². The summed E-state index contributed by atoms with van der Waals surface area (Å²) in [4.78, 5) is 16.2. The Hall–Kier alpha value is -1.17. The Morgan fingerprint density at radius 3 is 3.00 bits per heavy atom. The first kappa shape index (κ1) is 13.3. The normalized spacial score (nSPS) is 10.5. The molecule has 0 bridgehead atoms. The van der Waals surface area contributed by atoms with Crippen LogP contribution in [0.2, 0.25) is 0 Å². The Balaban J connectivity index is 2.04. The van der Waals surface area contributed by atoms with Crippen molar-refractivity contribution in [1.29, 1.82) is 0 Å². The SMILES string of the molecule is O=C(NCCCCI)c1ccc2ncccc2c1. The molecule has 3 nitrogen and oxygen atoms in total. The molecule has 18 heavy (non-hydrogen) atoms. The summed E-state index contributed by atoms with van der Waals surface area (Å²) in [6, 6.07) is 9.44. The number of benzene rings is 1. The third-order valence-electron chi connectivity index (χ3n) is 2.71. The summed E-state index contributed by atoms with van der Waals surface area (Å²) in [5, 5.41) is 3.93. The van der Waals surface area contributed by atoms with Gasteiger partial charge in [0, 0.05) is 23.7 Å². The molecule has 0 saturated carbocycles. The van der Waals surface area contributed by atoms with E-state index in [2.05, 4.69) is 32.9 Å². The maximum absolute atomic E-state index is 11.9. The first-order valence-corrected chi connectivity index (χ1v) is 7.53. The summed E-state index contributed by atoms with van der Waals surface area (Å²) >= 11 is 2.35. The molecule has 0 aliphatic carbocycles. The van der Waals surface area contributed by atoms with Gasteiger partial charge in [0.05, 0.1) is 5.52 Å². The van der Waals surface area contributed by atoms with Crippen LogP contribution in [-0.4, -0.2) is 21.9 Å². The number of alkyl halides is 1. The number of amides is 1. The zero-order valence-electron chi connectivity index (χ0n) is 10.0. The lowest BCUT2D eigenvalue weighted by atomic mass is 10.1. The van der Waals surface area contributed by atoms with Crippen LogP contribution in [0, 0.1) is 0 Å². The largest absolute Gasteiger partial charge is 0.352 e. The minimum atomic E-state index is -0.00536. The molecule has 0 aliphatic rings. The average Bonchev–Trinajstić information content (AvgIpc) is 2.43. The third-order valence-corrected chi connectivity index (χ3v) is 3.47. The van der Waals surface area contributed by atoms with Crippen molar-refractivity contribution < 1.29 is 4.79 Å². The number of fused-ring (bicyclic) bond motifs is 1. The standard InChI is InChI=1S/C14H15IN2O/c15-7-1-2-8-17-14(18)12-5-6-13-11(10-12)4-3-9-16-13/h3-6,9-10H,1-2,7-8H2,(H,17,18). The number of halogens is 1. The van der Waals surface area contributed by atoms with E-state index in [1.54, 1.807) is 6.20 Å². The highest BCUT2D eigenvalue weighted by molar-refractivity contribution is 14.1. The molecule has 1 heterocycles. The summed E-state index contributed by atoms with van der Waals surface area (Å²) in [6.07, 6.45) is 3.93. The number of hydrogen-bond acceptors (Lipinski definition) is 2. The van der Waals surface area contributed by atoms with Gasteiger partial charge in [-0.3, -0.25) is 9.78 Å². The third kappa shape index (κ3) is 3.41. The van der Waals surface area contributed by atoms with Crippen LogP contribution >= 0.6 is 22.6 Å². The predicted octanol–water partition coefficient (Wildman–Crippen LogP) is 3.18. The maximum atomic E-state index is 11.9. The number of rotatable bonds is 5. The minimum Gasteiger partial charge on any atom is -0.352 e. The molecule has 0 aliphatic heterocycles. The van der Waals surface area contributed by atoms with Crippen molar-refractivity contribution in [2.24, 2.45) is 0 Å². The van der Waals surface area contributed by atoms with E-state index in [0.29, 0.717) is 5.56 Å². The molecule has 4 heteroatoms. The number of pyridine rings is 1. The molecule has 1 amide bonds. The van der Waals surface area contributed by atoms with E-state index in [0.717, 1.165) is 34.7 Å². The number of unbranched alkanes of at least 4 members (excludes halogenated alkanes) is 1. The van der Waals surface area contributed by atoms with Crippen molar-refractivity contribution in [2.75, 3.05) is 11.0 Å². The molecular formula is C14H15IN2O. The van der Waals surface area contributed by atoms with Gasteiger partial charge in [0.25, 0.3) is 5.91 Å². The fraction of sp³-hybridized carbons (Fsp3) is 0.286. The quantitative estimate of drug-likeness (QED) is 0.509. The first-order chi connectivity index (χ1) is 8.81. The average molecular weight is 354 g/mol. The van der Waals surface area contributed by atoms with E-state index in [1.165, 1.54) is 0 Å². The van der Waals surface area contributed by atoms with Crippen LogP contribution in [0.25, 0.3) is 10.9 Å². The van der Waals surface area contributed by atoms with Crippen molar-refractivity contribution in [3.05, 3.63) is 42.1 Å². The van der Waals surface area contributed by atoms with Crippen LogP contribution in [0.3, 0.4) is 0 Å². The van der Waals surface area contributed by atoms with Crippen molar-refractivity contribution >= 4 is 39.4 Å². The molecule has 0 spiro atoms. The number of aromatic nitrogens is 1. The van der Waals surface area contributed by atoms with Crippen LogP contribution in [0.4, 0.5) is 0 Å². The van der Waals surface area contributed by atoms with Gasteiger partial charge in [-0.05, 0) is 41.5 Å². The zero-order valence-corrected chi connectivity index (χ0v) is 12.2. The van der Waals surface area contributed by atoms with Gasteiger partial charge in [0.1, 0.15) is 0 Å². The van der Waals surface area contributed by atoms with Gasteiger partial charge >= 0.3 is 0 Å². The van der Waals surface area contributed by atoms with Gasteiger partial charge in [-0.15, -0.1) is 0 Å². The van der Waals surface area contributed by atoms with E-state index < -0.39 is 0 Å². The number of nitrogens with zero attached hydrogens (tertiary/aromatic N) is 1. The summed E-state index contributed by atoms with van der Waals surface area (Å²) < 4.78 is 1.13. The number of hydrogen-bond donors (Lipinski definition) is 1. The smallest absolute Gasteiger partial charge is 0.251 e. The Bertz CT molecular complexity index is 542. The molecule has 1 N–H and O–H groups in total. The molecule has 2 rings (SSSR count). The molecule has 1 aromatic carbocycles. The number of carbonyl (C=O) groups excluding carboxylic acids is 1. The van der Waals surface area contributed by atoms with E-state index in [1.807, 2.05) is 30.3 Å². The Labute approximate surface area is 120 Å². The molecule has 0 saturated heterocycles. The lowest BCUT2D eigenvalue weighted by Crippen LogP contribution is -2.24. The Morgan fingerprint density at radius 2 is 2.17 bits per heavy atom. The van der Waals surface area contributed by atoms with Crippen LogP contribution in [-0.2, 0) is 0 Å². The van der Waals surface area contributed by atoms with Gasteiger partial charge in [0.15, 0.2) is 0 Å². The summed E-state index contributed by atoms with van der Waals surface area (Å²) in [6.45, 7) is 0.743. The van der Waals surface area contributed by atoms with Gasteiger partial charge in [-0.2, -0.15) is 0 Å². The van der Waals surface area contributed by atoms with Crippen molar-refractivity contribution in [3.8, 4) is 0 Å². The van der Waals surface area contributed by atoms with Crippen molar-refractivity contribution in [2.45, 2.75) is 12.8 Å². The highest BCUT2D eigenvalue weighted by atomic mass is 127. The second-order valence-corrected chi connectivity index (χ2v) is 5.14. The molecule has 2 aromatic rings. The van der Waals surface area contributed by atoms with Gasteiger partial charge in [-0.1, -0.05) is 28.7 Å². The zero-order chi connectivity index (χ0) is 12.8. The topological polar surface area (TPSA) is 42.0 Å². The summed E-state index contributed by atoms with van der Waals surface area (Å²) in [5.74, 6) is -0.00536. The van der Waals surface area contributed by atoms with Crippen LogP contribution in [0.5, 0.6) is 0 Å². The van der Waals surface area contributed by atoms with Crippen LogP contribution in [0.1, 0.15) is 23.2 Å². The fourth-order valence-corrected chi connectivity index (χ4v) is 2.28. The van der Waals surface area contributed by atoms with Gasteiger partial charge in [0.2, 0.25) is 0 Å². The summed E-state index contributed by atoms with van der Waals surface area (Å²) in [5.41, 5.74) is 1.61. The highest BCUT2D eigenvalue weighted by Crippen LogP contribution is 2.13.